The lowest BCUT2D eigenvalue weighted by Gasteiger charge is -2.14. The molecule has 0 aliphatic rings. The molecule has 0 atom stereocenters. The topological polar surface area (TPSA) is 90.3 Å². The van der Waals surface area contributed by atoms with Crippen molar-refractivity contribution < 1.29 is 14.3 Å². The molecule has 1 heterocycles. The van der Waals surface area contributed by atoms with Crippen LogP contribution in [0.2, 0.25) is 0 Å². The van der Waals surface area contributed by atoms with Crippen molar-refractivity contribution in [2.75, 3.05) is 19.5 Å². The van der Waals surface area contributed by atoms with E-state index < -0.39 is 5.97 Å². The van der Waals surface area contributed by atoms with Gasteiger partial charge in [0.05, 0.1) is 30.7 Å². The molecular formula is C15H14IN3O3. The van der Waals surface area contributed by atoms with Crippen LogP contribution in [-0.4, -0.2) is 24.3 Å². The Balaban J connectivity index is 2.75. The summed E-state index contributed by atoms with van der Waals surface area (Å²) in [5.41, 5.74) is 6.95. The predicted molar refractivity (Wildman–Crippen MR) is 90.1 cm³/mol. The van der Waals surface area contributed by atoms with E-state index in [0.29, 0.717) is 18.0 Å². The number of rotatable bonds is 4. The van der Waals surface area contributed by atoms with Gasteiger partial charge in [0.15, 0.2) is 5.69 Å². The minimum atomic E-state index is -0.611. The SMILES string of the molecule is CCOc1ccc(I)cc1-n1cc(C#N)c(N)c1C(=O)OC. The Morgan fingerprint density at radius 3 is 2.82 bits per heavy atom. The lowest BCUT2D eigenvalue weighted by atomic mass is 10.2. The number of hydrogen-bond acceptors (Lipinski definition) is 5. The summed E-state index contributed by atoms with van der Waals surface area (Å²) in [5.74, 6) is -0.0205. The first-order valence-corrected chi connectivity index (χ1v) is 7.53. The van der Waals surface area contributed by atoms with Crippen LogP contribution < -0.4 is 10.5 Å². The summed E-state index contributed by atoms with van der Waals surface area (Å²) in [6, 6.07) is 7.52. The number of nitrogens with two attached hydrogens (primary N) is 1. The predicted octanol–water partition coefficient (Wildman–Crippen LogP) is 2.72. The van der Waals surface area contributed by atoms with Crippen LogP contribution in [-0.2, 0) is 4.74 Å². The molecule has 0 amide bonds. The van der Waals surface area contributed by atoms with E-state index in [4.69, 9.17) is 20.5 Å². The minimum absolute atomic E-state index is 0.0932. The van der Waals surface area contributed by atoms with Gasteiger partial charge in [0, 0.05) is 9.77 Å². The molecule has 0 radical (unpaired) electrons. The van der Waals surface area contributed by atoms with E-state index in [1.54, 1.807) is 0 Å². The number of aromatic nitrogens is 1. The summed E-state index contributed by atoms with van der Waals surface area (Å²) in [7, 11) is 1.27. The highest BCUT2D eigenvalue weighted by molar-refractivity contribution is 14.1. The van der Waals surface area contributed by atoms with Gasteiger partial charge in [-0.25, -0.2) is 4.79 Å². The Kier molecular flexibility index (Phi) is 4.92. The maximum atomic E-state index is 12.0. The monoisotopic (exact) mass is 411 g/mol. The Morgan fingerprint density at radius 1 is 1.50 bits per heavy atom. The summed E-state index contributed by atoms with van der Waals surface area (Å²) >= 11 is 2.16. The van der Waals surface area contributed by atoms with Crippen LogP contribution in [0.4, 0.5) is 5.69 Å². The normalized spacial score (nSPS) is 10.1. The average Bonchev–Trinajstić information content (AvgIpc) is 2.85. The fourth-order valence-corrected chi connectivity index (χ4v) is 2.54. The number of hydrogen-bond donors (Lipinski definition) is 1. The highest BCUT2D eigenvalue weighted by atomic mass is 127. The maximum Gasteiger partial charge on any atom is 0.357 e. The molecule has 22 heavy (non-hydrogen) atoms. The molecule has 0 saturated carbocycles. The molecule has 6 nitrogen and oxygen atoms in total. The molecule has 0 unspecified atom stereocenters. The van der Waals surface area contributed by atoms with Crippen molar-refractivity contribution in [2.24, 2.45) is 0 Å². The van der Waals surface area contributed by atoms with E-state index in [-0.39, 0.29) is 16.9 Å². The fourth-order valence-electron chi connectivity index (χ4n) is 2.06. The molecular weight excluding hydrogens is 397 g/mol. The molecule has 1 aromatic carbocycles. The zero-order valence-electron chi connectivity index (χ0n) is 12.1. The van der Waals surface area contributed by atoms with Crippen molar-refractivity contribution in [2.45, 2.75) is 6.92 Å². The number of carbonyl (C=O) groups is 1. The second kappa shape index (κ2) is 6.70. The van der Waals surface area contributed by atoms with Crippen LogP contribution in [0.3, 0.4) is 0 Å². The van der Waals surface area contributed by atoms with Gasteiger partial charge in [-0.2, -0.15) is 5.26 Å². The minimum Gasteiger partial charge on any atom is -0.492 e. The van der Waals surface area contributed by atoms with Crippen molar-refractivity contribution in [1.29, 1.82) is 5.26 Å². The molecule has 0 fully saturated rings. The van der Waals surface area contributed by atoms with Crippen LogP contribution in [0.5, 0.6) is 5.75 Å². The Morgan fingerprint density at radius 2 is 2.23 bits per heavy atom. The molecule has 114 valence electrons. The van der Waals surface area contributed by atoms with Crippen molar-refractivity contribution in [1.82, 2.24) is 4.57 Å². The van der Waals surface area contributed by atoms with Gasteiger partial charge in [-0.3, -0.25) is 0 Å². The second-order valence-corrected chi connectivity index (χ2v) is 5.57. The zero-order valence-corrected chi connectivity index (χ0v) is 14.2. The van der Waals surface area contributed by atoms with Gasteiger partial charge in [0.1, 0.15) is 11.8 Å². The summed E-state index contributed by atoms with van der Waals surface area (Å²) in [5, 5.41) is 9.16. The quantitative estimate of drug-likeness (QED) is 0.617. The molecule has 2 rings (SSSR count). The maximum absolute atomic E-state index is 12.0. The van der Waals surface area contributed by atoms with Gasteiger partial charge < -0.3 is 19.8 Å². The Hall–Kier alpha value is -2.21. The Bertz CT molecular complexity index is 762. The number of carbonyl (C=O) groups excluding carboxylic acids is 1. The number of nitriles is 1. The van der Waals surface area contributed by atoms with E-state index >= 15 is 0 Å². The van der Waals surface area contributed by atoms with Crippen LogP contribution in [0.15, 0.2) is 24.4 Å². The van der Waals surface area contributed by atoms with Gasteiger partial charge in [-0.15, -0.1) is 0 Å². The molecule has 1 aromatic heterocycles. The van der Waals surface area contributed by atoms with Crippen molar-refractivity contribution in [3.8, 4) is 17.5 Å². The van der Waals surface area contributed by atoms with Crippen molar-refractivity contribution in [3.05, 3.63) is 39.2 Å². The van der Waals surface area contributed by atoms with Crippen molar-refractivity contribution >= 4 is 34.2 Å². The third kappa shape index (κ3) is 2.87. The molecule has 0 saturated heterocycles. The van der Waals surface area contributed by atoms with Crippen LogP contribution in [0.1, 0.15) is 23.0 Å². The number of halogens is 1. The molecule has 0 aliphatic carbocycles. The van der Waals surface area contributed by atoms with Gasteiger partial charge >= 0.3 is 5.97 Å². The molecule has 2 N–H and O–H groups in total. The second-order valence-electron chi connectivity index (χ2n) is 4.32. The van der Waals surface area contributed by atoms with Crippen LogP contribution in [0, 0.1) is 14.9 Å². The van der Waals surface area contributed by atoms with E-state index in [1.165, 1.54) is 17.9 Å². The number of nitrogens with zero attached hydrogens (tertiary/aromatic N) is 2. The number of anilines is 1. The lowest BCUT2D eigenvalue weighted by molar-refractivity contribution is 0.0593. The van der Waals surface area contributed by atoms with Crippen LogP contribution in [0.25, 0.3) is 5.69 Å². The molecule has 0 bridgehead atoms. The number of ether oxygens (including phenoxy) is 2. The van der Waals surface area contributed by atoms with E-state index in [1.807, 2.05) is 31.2 Å². The average molecular weight is 411 g/mol. The summed E-state index contributed by atoms with van der Waals surface area (Å²) < 4.78 is 12.9. The molecule has 2 aromatic rings. The van der Waals surface area contributed by atoms with Gasteiger partial charge in [-0.05, 0) is 47.7 Å². The summed E-state index contributed by atoms with van der Waals surface area (Å²) in [6.45, 7) is 2.34. The largest absolute Gasteiger partial charge is 0.492 e. The third-order valence-corrected chi connectivity index (χ3v) is 3.69. The van der Waals surface area contributed by atoms with Crippen molar-refractivity contribution in [3.63, 3.8) is 0 Å². The first kappa shape index (κ1) is 16.2. The number of esters is 1. The first-order valence-electron chi connectivity index (χ1n) is 6.45. The van der Waals surface area contributed by atoms with E-state index in [2.05, 4.69) is 22.6 Å². The van der Waals surface area contributed by atoms with Gasteiger partial charge in [0.25, 0.3) is 0 Å². The number of nitrogen functional groups attached to an aromatic ring is 1. The van der Waals surface area contributed by atoms with Gasteiger partial charge in [-0.1, -0.05) is 0 Å². The van der Waals surface area contributed by atoms with E-state index in [9.17, 15) is 4.79 Å². The lowest BCUT2D eigenvalue weighted by Crippen LogP contribution is -2.12. The highest BCUT2D eigenvalue weighted by Gasteiger charge is 2.23. The smallest absolute Gasteiger partial charge is 0.357 e. The zero-order chi connectivity index (χ0) is 16.3. The first-order chi connectivity index (χ1) is 10.5. The van der Waals surface area contributed by atoms with Crippen LogP contribution >= 0.6 is 22.6 Å². The van der Waals surface area contributed by atoms with Gasteiger partial charge in [0.2, 0.25) is 0 Å². The Labute approximate surface area is 141 Å². The highest BCUT2D eigenvalue weighted by Crippen LogP contribution is 2.31. The summed E-state index contributed by atoms with van der Waals surface area (Å²) in [4.78, 5) is 12.0. The van der Waals surface area contributed by atoms with E-state index in [0.717, 1.165) is 3.57 Å². The number of methoxy groups -OCH3 is 1. The molecule has 0 spiro atoms. The number of benzene rings is 1. The third-order valence-electron chi connectivity index (χ3n) is 3.02. The fraction of sp³-hybridized carbons (Fsp3) is 0.200. The molecule has 0 aliphatic heterocycles. The summed E-state index contributed by atoms with van der Waals surface area (Å²) in [6.07, 6.45) is 1.51. The standard InChI is InChI=1S/C15H14IN3O3/c1-3-22-12-5-4-10(16)6-11(12)19-8-9(7-17)13(18)14(19)15(20)21-2/h4-6,8H,3,18H2,1-2H3. The molecule has 7 heteroatoms.